The zero-order chi connectivity index (χ0) is 13.0. The van der Waals surface area contributed by atoms with Gasteiger partial charge in [-0.05, 0) is 40.4 Å². The van der Waals surface area contributed by atoms with E-state index in [0.29, 0.717) is 18.2 Å². The van der Waals surface area contributed by atoms with Crippen LogP contribution in [0.15, 0.2) is 16.7 Å². The van der Waals surface area contributed by atoms with Gasteiger partial charge in [0.05, 0.1) is 0 Å². The number of amides is 1. The number of hydrogen-bond acceptors (Lipinski definition) is 3. The Balaban J connectivity index is 2.59. The Morgan fingerprint density at radius 1 is 1.59 bits per heavy atom. The van der Waals surface area contributed by atoms with Gasteiger partial charge in [0.25, 0.3) is 0 Å². The Bertz CT molecular complexity index is 407. The maximum absolute atomic E-state index is 11.7. The number of anilines is 1. The normalized spacial score (nSPS) is 12.6. The number of aryl methyl sites for hydroxylation is 1. The van der Waals surface area contributed by atoms with Gasteiger partial charge in [-0.3, -0.25) is 4.79 Å². The number of aromatic nitrogens is 1. The average molecular weight is 300 g/mol. The lowest BCUT2D eigenvalue weighted by molar-refractivity contribution is -0.116. The van der Waals surface area contributed by atoms with Gasteiger partial charge in [0.15, 0.2) is 0 Å². The van der Waals surface area contributed by atoms with Crippen LogP contribution in [0.25, 0.3) is 0 Å². The van der Waals surface area contributed by atoms with Gasteiger partial charge in [-0.25, -0.2) is 4.98 Å². The predicted molar refractivity (Wildman–Crippen MR) is 72.7 cm³/mol. The van der Waals surface area contributed by atoms with Crippen LogP contribution < -0.4 is 11.1 Å². The van der Waals surface area contributed by atoms with Crippen molar-refractivity contribution in [2.24, 2.45) is 11.7 Å². The van der Waals surface area contributed by atoms with Crippen LogP contribution in [0, 0.1) is 12.8 Å². The minimum atomic E-state index is -0.119. The third-order valence-electron chi connectivity index (χ3n) is 2.59. The number of carbonyl (C=O) groups excluding carboxylic acids is 1. The molecular weight excluding hydrogens is 282 g/mol. The first-order valence-corrected chi connectivity index (χ1v) is 6.37. The molecule has 0 aliphatic carbocycles. The highest BCUT2D eigenvalue weighted by molar-refractivity contribution is 9.10. The zero-order valence-corrected chi connectivity index (χ0v) is 11.9. The molecule has 0 saturated carbocycles. The number of nitrogens with zero attached hydrogens (tertiary/aromatic N) is 1. The van der Waals surface area contributed by atoms with Crippen LogP contribution in [-0.4, -0.2) is 16.9 Å². The zero-order valence-electron chi connectivity index (χ0n) is 10.3. The van der Waals surface area contributed by atoms with Gasteiger partial charge in [0.1, 0.15) is 5.82 Å². The monoisotopic (exact) mass is 299 g/mol. The lowest BCUT2D eigenvalue weighted by Crippen LogP contribution is -2.31. The van der Waals surface area contributed by atoms with E-state index in [9.17, 15) is 4.79 Å². The molecule has 0 radical (unpaired) electrons. The van der Waals surface area contributed by atoms with Crippen LogP contribution in [0.1, 0.15) is 25.8 Å². The molecule has 17 heavy (non-hydrogen) atoms. The highest BCUT2D eigenvalue weighted by Crippen LogP contribution is 2.17. The molecule has 1 rings (SSSR count). The molecule has 0 aliphatic rings. The molecule has 94 valence electrons. The summed E-state index contributed by atoms with van der Waals surface area (Å²) in [7, 11) is 0. The van der Waals surface area contributed by atoms with Gasteiger partial charge in [-0.1, -0.05) is 13.8 Å². The maximum Gasteiger partial charge on any atom is 0.227 e. The third-order valence-corrected chi connectivity index (χ3v) is 3.42. The number of nitrogens with two attached hydrogens (primary N) is 1. The highest BCUT2D eigenvalue weighted by atomic mass is 79.9. The molecule has 3 N–H and O–H groups in total. The van der Waals surface area contributed by atoms with Crippen LogP contribution in [-0.2, 0) is 4.79 Å². The Morgan fingerprint density at radius 2 is 2.24 bits per heavy atom. The molecule has 0 aliphatic heterocycles. The van der Waals surface area contributed by atoms with Gasteiger partial charge in [-0.2, -0.15) is 0 Å². The number of hydrogen-bond donors (Lipinski definition) is 2. The molecular formula is C12H18BrN3O. The van der Waals surface area contributed by atoms with Crippen molar-refractivity contribution in [1.82, 2.24) is 4.98 Å². The molecule has 1 aromatic heterocycles. The minimum absolute atomic E-state index is 0.0968. The second kappa shape index (κ2) is 6.12. The standard InChI is InChI=1S/C12H18BrN3O/c1-7(2)10(14)5-12(17)16-11-4-8(3)9(13)6-15-11/h4,6-7,10H,5,14H2,1-3H3,(H,15,16,17). The minimum Gasteiger partial charge on any atom is -0.327 e. The molecule has 5 heteroatoms. The van der Waals surface area contributed by atoms with Crippen molar-refractivity contribution in [3.63, 3.8) is 0 Å². The van der Waals surface area contributed by atoms with E-state index < -0.39 is 0 Å². The average Bonchev–Trinajstić information content (AvgIpc) is 2.23. The molecule has 0 spiro atoms. The van der Waals surface area contributed by atoms with Gasteiger partial charge >= 0.3 is 0 Å². The summed E-state index contributed by atoms with van der Waals surface area (Å²) in [4.78, 5) is 15.8. The van der Waals surface area contributed by atoms with Crippen molar-refractivity contribution in [1.29, 1.82) is 0 Å². The molecule has 0 bridgehead atoms. The molecule has 0 aromatic carbocycles. The highest BCUT2D eigenvalue weighted by Gasteiger charge is 2.13. The molecule has 1 amide bonds. The molecule has 1 heterocycles. The first kappa shape index (κ1) is 14.1. The van der Waals surface area contributed by atoms with Crippen molar-refractivity contribution in [3.8, 4) is 0 Å². The van der Waals surface area contributed by atoms with Gasteiger partial charge < -0.3 is 11.1 Å². The smallest absolute Gasteiger partial charge is 0.227 e. The summed E-state index contributed by atoms with van der Waals surface area (Å²) in [6.07, 6.45) is 1.99. The van der Waals surface area contributed by atoms with Crippen LogP contribution in [0.3, 0.4) is 0 Å². The number of halogens is 1. The first-order valence-electron chi connectivity index (χ1n) is 5.57. The third kappa shape index (κ3) is 4.44. The van der Waals surface area contributed by atoms with E-state index in [0.717, 1.165) is 10.0 Å². The second-order valence-electron chi connectivity index (χ2n) is 4.48. The summed E-state index contributed by atoms with van der Waals surface area (Å²) in [6, 6.07) is 1.70. The molecule has 0 fully saturated rings. The van der Waals surface area contributed by atoms with Crippen LogP contribution in [0.5, 0.6) is 0 Å². The van der Waals surface area contributed by atoms with Crippen LogP contribution in [0.4, 0.5) is 5.82 Å². The van der Waals surface area contributed by atoms with E-state index >= 15 is 0 Å². The molecule has 1 aromatic rings. The Hall–Kier alpha value is -0.940. The number of carbonyl (C=O) groups is 1. The summed E-state index contributed by atoms with van der Waals surface area (Å²) in [5.74, 6) is 0.757. The SMILES string of the molecule is Cc1cc(NC(=O)CC(N)C(C)C)ncc1Br. The molecule has 0 saturated heterocycles. The summed E-state index contributed by atoms with van der Waals surface area (Å²) in [5, 5.41) is 2.74. The summed E-state index contributed by atoms with van der Waals surface area (Å²) >= 11 is 3.36. The Kier molecular flexibility index (Phi) is 5.08. The Labute approximate surface area is 110 Å². The molecule has 4 nitrogen and oxygen atoms in total. The van der Waals surface area contributed by atoms with E-state index in [1.165, 1.54) is 0 Å². The van der Waals surface area contributed by atoms with Crippen molar-refractivity contribution in [2.45, 2.75) is 33.2 Å². The Morgan fingerprint density at radius 3 is 2.76 bits per heavy atom. The number of pyridine rings is 1. The molecule has 1 atom stereocenters. The predicted octanol–water partition coefficient (Wildman–Crippen LogP) is 2.46. The van der Waals surface area contributed by atoms with Gasteiger partial charge in [-0.15, -0.1) is 0 Å². The maximum atomic E-state index is 11.7. The fourth-order valence-electron chi connectivity index (χ4n) is 1.25. The van der Waals surface area contributed by atoms with Crippen molar-refractivity contribution in [2.75, 3.05) is 5.32 Å². The summed E-state index contributed by atoms with van der Waals surface area (Å²) < 4.78 is 0.925. The van der Waals surface area contributed by atoms with Crippen molar-refractivity contribution in [3.05, 3.63) is 22.3 Å². The number of rotatable bonds is 4. The van der Waals surface area contributed by atoms with Crippen molar-refractivity contribution < 1.29 is 4.79 Å². The fraction of sp³-hybridized carbons (Fsp3) is 0.500. The van der Waals surface area contributed by atoms with Crippen LogP contribution >= 0.6 is 15.9 Å². The van der Waals surface area contributed by atoms with E-state index in [-0.39, 0.29) is 11.9 Å². The summed E-state index contributed by atoms with van der Waals surface area (Å²) in [5.41, 5.74) is 6.87. The quantitative estimate of drug-likeness (QED) is 0.897. The van der Waals surface area contributed by atoms with E-state index in [4.69, 9.17) is 5.73 Å². The van der Waals surface area contributed by atoms with E-state index in [2.05, 4.69) is 26.2 Å². The lowest BCUT2D eigenvalue weighted by Gasteiger charge is -2.14. The largest absolute Gasteiger partial charge is 0.327 e. The van der Waals surface area contributed by atoms with Crippen molar-refractivity contribution >= 4 is 27.7 Å². The fourth-order valence-corrected chi connectivity index (χ4v) is 1.47. The first-order chi connectivity index (χ1) is 7.90. The second-order valence-corrected chi connectivity index (χ2v) is 5.33. The van der Waals surface area contributed by atoms with Gasteiger partial charge in [0, 0.05) is 23.1 Å². The van der Waals surface area contributed by atoms with Crippen LogP contribution in [0.2, 0.25) is 0 Å². The summed E-state index contributed by atoms with van der Waals surface area (Å²) in [6.45, 7) is 5.95. The van der Waals surface area contributed by atoms with E-state index in [1.807, 2.05) is 26.8 Å². The topological polar surface area (TPSA) is 68.0 Å². The number of nitrogens with one attached hydrogen (secondary N) is 1. The van der Waals surface area contributed by atoms with Gasteiger partial charge in [0.2, 0.25) is 5.91 Å². The lowest BCUT2D eigenvalue weighted by atomic mass is 10.0. The molecule has 1 unspecified atom stereocenters. The van der Waals surface area contributed by atoms with E-state index in [1.54, 1.807) is 6.20 Å².